The minimum Gasteiger partial charge on any atom is -0.0882 e. The van der Waals surface area contributed by atoms with Crippen LogP contribution in [0.1, 0.15) is 97.3 Å². The molecule has 0 rings (SSSR count). The highest BCUT2D eigenvalue weighted by Gasteiger charge is 1.89. The van der Waals surface area contributed by atoms with Gasteiger partial charge in [-0.1, -0.05) is 89.5 Å². The molecular formula is C19H36. The second-order valence-corrected chi connectivity index (χ2v) is 5.58. The number of hydrogen-bond acceptors (Lipinski definition) is 0. The van der Waals surface area contributed by atoms with Crippen molar-refractivity contribution in [2.45, 2.75) is 97.3 Å². The van der Waals surface area contributed by atoms with E-state index in [2.05, 4.69) is 38.2 Å². The first kappa shape index (κ1) is 18.5. The molecule has 0 spiro atoms. The van der Waals surface area contributed by atoms with Crippen LogP contribution in [-0.4, -0.2) is 0 Å². The van der Waals surface area contributed by atoms with Gasteiger partial charge in [0.15, 0.2) is 0 Å². The Balaban J connectivity index is 3.12. The van der Waals surface area contributed by atoms with Crippen molar-refractivity contribution in [1.29, 1.82) is 0 Å². The second-order valence-electron chi connectivity index (χ2n) is 5.58. The highest BCUT2D eigenvalue weighted by Crippen LogP contribution is 2.08. The first-order valence-corrected chi connectivity index (χ1v) is 8.71. The van der Waals surface area contributed by atoms with Crippen molar-refractivity contribution in [1.82, 2.24) is 0 Å². The van der Waals surface area contributed by atoms with E-state index < -0.39 is 0 Å². The molecule has 0 nitrogen and oxygen atoms in total. The predicted molar refractivity (Wildman–Crippen MR) is 89.6 cm³/mol. The molecule has 0 aromatic rings. The summed E-state index contributed by atoms with van der Waals surface area (Å²) >= 11 is 0. The molecule has 0 aliphatic heterocycles. The van der Waals surface area contributed by atoms with Crippen LogP contribution in [0.5, 0.6) is 0 Å². The average molecular weight is 264 g/mol. The fourth-order valence-corrected chi connectivity index (χ4v) is 2.24. The van der Waals surface area contributed by atoms with Crippen molar-refractivity contribution in [2.24, 2.45) is 0 Å². The number of hydrogen-bond donors (Lipinski definition) is 0. The van der Waals surface area contributed by atoms with Gasteiger partial charge in [-0.3, -0.25) is 0 Å². The average Bonchev–Trinajstić information content (AvgIpc) is 2.43. The van der Waals surface area contributed by atoms with Gasteiger partial charge in [0.25, 0.3) is 0 Å². The molecule has 0 atom stereocenters. The molecule has 0 saturated carbocycles. The molecule has 0 amide bonds. The third kappa shape index (κ3) is 17.5. The van der Waals surface area contributed by atoms with Crippen LogP contribution in [0.25, 0.3) is 0 Å². The van der Waals surface area contributed by atoms with E-state index >= 15 is 0 Å². The Morgan fingerprint density at radius 1 is 0.474 bits per heavy atom. The summed E-state index contributed by atoms with van der Waals surface area (Å²) in [5, 5.41) is 0. The maximum Gasteiger partial charge on any atom is -0.0169 e. The van der Waals surface area contributed by atoms with Crippen LogP contribution < -0.4 is 0 Å². The largest absolute Gasteiger partial charge is 0.0882 e. The molecule has 0 fully saturated rings. The van der Waals surface area contributed by atoms with Crippen molar-refractivity contribution >= 4 is 0 Å². The van der Waals surface area contributed by atoms with Gasteiger partial charge in [-0.2, -0.15) is 0 Å². The Hall–Kier alpha value is -0.520. The van der Waals surface area contributed by atoms with E-state index in [9.17, 15) is 0 Å². The Bertz CT molecular complexity index is 200. The maximum atomic E-state index is 2.36. The summed E-state index contributed by atoms with van der Waals surface area (Å²) < 4.78 is 0. The van der Waals surface area contributed by atoms with Crippen LogP contribution in [-0.2, 0) is 0 Å². The van der Waals surface area contributed by atoms with Gasteiger partial charge in [-0.15, -0.1) is 0 Å². The van der Waals surface area contributed by atoms with Crippen molar-refractivity contribution in [3.05, 3.63) is 24.3 Å². The zero-order valence-corrected chi connectivity index (χ0v) is 13.5. The van der Waals surface area contributed by atoms with Gasteiger partial charge in [0.1, 0.15) is 0 Å². The number of allylic oxidation sites excluding steroid dienone is 4. The highest BCUT2D eigenvalue weighted by atomic mass is 14.0. The fraction of sp³-hybridized carbons (Fsp3) is 0.789. The SMILES string of the molecule is CCCCCC=CCC=CCCCCCCCCC. The molecule has 19 heavy (non-hydrogen) atoms. The summed E-state index contributed by atoms with van der Waals surface area (Å²) in [6.45, 7) is 4.54. The van der Waals surface area contributed by atoms with Crippen molar-refractivity contribution in [3.8, 4) is 0 Å². The van der Waals surface area contributed by atoms with Crippen LogP contribution in [0.4, 0.5) is 0 Å². The Kier molecular flexibility index (Phi) is 17.0. The molecule has 0 unspecified atom stereocenters. The lowest BCUT2D eigenvalue weighted by Gasteiger charge is -1.98. The molecule has 0 aliphatic carbocycles. The van der Waals surface area contributed by atoms with E-state index in [1.165, 1.54) is 77.0 Å². The molecule has 112 valence electrons. The fourth-order valence-electron chi connectivity index (χ4n) is 2.24. The Morgan fingerprint density at radius 3 is 1.47 bits per heavy atom. The molecule has 0 radical (unpaired) electrons. The summed E-state index contributed by atoms with van der Waals surface area (Å²) in [5.74, 6) is 0. The Labute approximate surface area is 122 Å². The van der Waals surface area contributed by atoms with Crippen LogP contribution >= 0.6 is 0 Å². The number of rotatable bonds is 14. The van der Waals surface area contributed by atoms with Gasteiger partial charge in [0.05, 0.1) is 0 Å². The van der Waals surface area contributed by atoms with Gasteiger partial charge in [0, 0.05) is 0 Å². The lowest BCUT2D eigenvalue weighted by Crippen LogP contribution is -1.78. The van der Waals surface area contributed by atoms with Crippen molar-refractivity contribution < 1.29 is 0 Å². The maximum absolute atomic E-state index is 2.36. The molecule has 0 saturated heterocycles. The van der Waals surface area contributed by atoms with Crippen molar-refractivity contribution in [2.75, 3.05) is 0 Å². The second kappa shape index (κ2) is 17.5. The standard InChI is InChI=1S/C19H36/c1-3-5-7-9-11-13-15-17-19-18-16-14-12-10-8-6-4-2/h11,13,17,19H,3-10,12,14-16,18H2,1-2H3. The van der Waals surface area contributed by atoms with Gasteiger partial charge >= 0.3 is 0 Å². The first-order valence-electron chi connectivity index (χ1n) is 8.71. The molecule has 0 bridgehead atoms. The van der Waals surface area contributed by atoms with Gasteiger partial charge in [-0.05, 0) is 32.1 Å². The lowest BCUT2D eigenvalue weighted by molar-refractivity contribution is 0.592. The van der Waals surface area contributed by atoms with Crippen LogP contribution in [0, 0.1) is 0 Å². The van der Waals surface area contributed by atoms with Gasteiger partial charge in [0.2, 0.25) is 0 Å². The normalized spacial score (nSPS) is 11.9. The lowest BCUT2D eigenvalue weighted by atomic mass is 10.1. The van der Waals surface area contributed by atoms with Crippen LogP contribution in [0.3, 0.4) is 0 Å². The molecule has 0 aromatic heterocycles. The highest BCUT2D eigenvalue weighted by molar-refractivity contribution is 4.92. The van der Waals surface area contributed by atoms with Crippen molar-refractivity contribution in [3.63, 3.8) is 0 Å². The van der Waals surface area contributed by atoms with E-state index in [0.29, 0.717) is 0 Å². The smallest absolute Gasteiger partial charge is 0.0169 e. The summed E-state index contributed by atoms with van der Waals surface area (Å²) in [7, 11) is 0. The molecule has 0 aromatic carbocycles. The molecule has 0 heterocycles. The third-order valence-electron chi connectivity index (χ3n) is 3.55. The zero-order valence-electron chi connectivity index (χ0n) is 13.5. The van der Waals surface area contributed by atoms with E-state index in [-0.39, 0.29) is 0 Å². The summed E-state index contributed by atoms with van der Waals surface area (Å²) in [5.41, 5.74) is 0. The third-order valence-corrected chi connectivity index (χ3v) is 3.55. The van der Waals surface area contributed by atoms with Gasteiger partial charge in [-0.25, -0.2) is 0 Å². The molecule has 0 N–H and O–H groups in total. The first-order chi connectivity index (χ1) is 9.41. The monoisotopic (exact) mass is 264 g/mol. The van der Waals surface area contributed by atoms with E-state index in [1.54, 1.807) is 0 Å². The zero-order chi connectivity index (χ0) is 14.0. The number of unbranched alkanes of at least 4 members (excludes halogenated alkanes) is 10. The van der Waals surface area contributed by atoms with E-state index in [0.717, 1.165) is 6.42 Å². The van der Waals surface area contributed by atoms with Gasteiger partial charge < -0.3 is 0 Å². The minimum absolute atomic E-state index is 1.13. The molecular weight excluding hydrogens is 228 g/mol. The van der Waals surface area contributed by atoms with Crippen LogP contribution in [0.2, 0.25) is 0 Å². The predicted octanol–water partition coefficient (Wildman–Crippen LogP) is 7.21. The summed E-state index contributed by atoms with van der Waals surface area (Å²) in [6.07, 6.45) is 27.0. The Morgan fingerprint density at radius 2 is 0.895 bits per heavy atom. The van der Waals surface area contributed by atoms with Crippen LogP contribution in [0.15, 0.2) is 24.3 Å². The topological polar surface area (TPSA) is 0 Å². The summed E-state index contributed by atoms with van der Waals surface area (Å²) in [6, 6.07) is 0. The molecule has 0 heteroatoms. The minimum atomic E-state index is 1.13. The quantitative estimate of drug-likeness (QED) is 0.230. The van der Waals surface area contributed by atoms with E-state index in [4.69, 9.17) is 0 Å². The van der Waals surface area contributed by atoms with E-state index in [1.807, 2.05) is 0 Å². The molecule has 0 aliphatic rings. The summed E-state index contributed by atoms with van der Waals surface area (Å²) in [4.78, 5) is 0.